The van der Waals surface area contributed by atoms with Crippen LogP contribution in [-0.4, -0.2) is 22.2 Å². The molecule has 0 aliphatic heterocycles. The highest BCUT2D eigenvalue weighted by molar-refractivity contribution is 5.92. The highest BCUT2D eigenvalue weighted by atomic mass is 19.4. The Labute approximate surface area is 195 Å². The normalized spacial score (nSPS) is 19.1. The van der Waals surface area contributed by atoms with Crippen LogP contribution in [0.25, 0.3) is 0 Å². The number of hydrogen-bond acceptors (Lipinski definition) is 5. The Balaban J connectivity index is 1.28. The van der Waals surface area contributed by atoms with E-state index in [1.54, 1.807) is 19.1 Å². The van der Waals surface area contributed by atoms with Crippen molar-refractivity contribution in [3.63, 3.8) is 0 Å². The number of aromatic nitrogens is 2. The molecule has 0 spiro atoms. The number of ether oxygens (including phenoxy) is 1. The van der Waals surface area contributed by atoms with Gasteiger partial charge < -0.3 is 14.6 Å². The number of nitrogens with one attached hydrogen (secondary N) is 1. The Morgan fingerprint density at radius 1 is 1.21 bits per heavy atom. The van der Waals surface area contributed by atoms with Gasteiger partial charge in [0.1, 0.15) is 17.2 Å². The molecular formula is C25H26F3N3O3. The van der Waals surface area contributed by atoms with Crippen LogP contribution < -0.4 is 10.1 Å². The molecule has 1 aliphatic carbocycles. The number of hydrogen-bond donors (Lipinski definition) is 1. The molecule has 4 rings (SSSR count). The first-order valence-electron chi connectivity index (χ1n) is 11.2. The second-order valence-corrected chi connectivity index (χ2v) is 8.72. The number of carbonyl (C=O) groups excluding carboxylic acids is 1. The van der Waals surface area contributed by atoms with Crippen molar-refractivity contribution in [3.05, 3.63) is 76.9 Å². The Morgan fingerprint density at radius 3 is 2.65 bits per heavy atom. The zero-order valence-corrected chi connectivity index (χ0v) is 18.9. The van der Waals surface area contributed by atoms with E-state index >= 15 is 0 Å². The van der Waals surface area contributed by atoms with E-state index in [0.29, 0.717) is 17.9 Å². The van der Waals surface area contributed by atoms with Gasteiger partial charge in [-0.1, -0.05) is 23.4 Å². The molecule has 6 nitrogen and oxygen atoms in total. The van der Waals surface area contributed by atoms with Crippen molar-refractivity contribution >= 4 is 5.91 Å². The summed E-state index contributed by atoms with van der Waals surface area (Å²) in [5.74, 6) is 1.21. The first kappa shape index (κ1) is 23.8. The summed E-state index contributed by atoms with van der Waals surface area (Å²) < 4.78 is 49.7. The molecule has 0 bridgehead atoms. The number of benzene rings is 1. The lowest BCUT2D eigenvalue weighted by Gasteiger charge is -2.17. The van der Waals surface area contributed by atoms with Crippen LogP contribution in [0.2, 0.25) is 0 Å². The lowest BCUT2D eigenvalue weighted by Crippen LogP contribution is -2.26. The molecule has 2 heterocycles. The summed E-state index contributed by atoms with van der Waals surface area (Å²) in [7, 11) is 0. The Hall–Kier alpha value is -3.36. The van der Waals surface area contributed by atoms with E-state index in [4.69, 9.17) is 9.26 Å². The monoisotopic (exact) mass is 473 g/mol. The van der Waals surface area contributed by atoms with Gasteiger partial charge in [-0.05, 0) is 75.3 Å². The van der Waals surface area contributed by atoms with Gasteiger partial charge in [-0.2, -0.15) is 13.2 Å². The van der Waals surface area contributed by atoms with Crippen molar-refractivity contribution < 1.29 is 27.2 Å². The molecule has 0 radical (unpaired) electrons. The lowest BCUT2D eigenvalue weighted by molar-refractivity contribution is -0.141. The second kappa shape index (κ2) is 9.87. The average molecular weight is 473 g/mol. The zero-order valence-electron chi connectivity index (χ0n) is 18.9. The van der Waals surface area contributed by atoms with E-state index in [2.05, 4.69) is 15.5 Å². The molecule has 0 saturated heterocycles. The highest BCUT2D eigenvalue weighted by Crippen LogP contribution is 2.33. The van der Waals surface area contributed by atoms with Gasteiger partial charge in [-0.15, -0.1) is 0 Å². The standard InChI is InChI=1S/C25H26F3N3O3/c1-15-12-22(31-34-15)24(32)29-16(2)18-7-10-20(11-8-18)33-21-9-6-17(14-21)13-19-4-3-5-23(30-19)25(26,27)28/h3-5,7-8,10-12,16-17,21H,6,9,13-14H2,1-2H3,(H,29,32). The minimum Gasteiger partial charge on any atom is -0.490 e. The lowest BCUT2D eigenvalue weighted by atomic mass is 10.0. The van der Waals surface area contributed by atoms with Crippen LogP contribution in [0.3, 0.4) is 0 Å². The van der Waals surface area contributed by atoms with Crippen molar-refractivity contribution in [2.45, 2.75) is 57.9 Å². The van der Waals surface area contributed by atoms with E-state index in [0.717, 1.165) is 36.6 Å². The molecule has 3 aromatic rings. The number of amides is 1. The van der Waals surface area contributed by atoms with E-state index in [1.807, 2.05) is 31.2 Å². The first-order chi connectivity index (χ1) is 16.2. The van der Waals surface area contributed by atoms with Gasteiger partial charge in [0.2, 0.25) is 0 Å². The van der Waals surface area contributed by atoms with E-state index < -0.39 is 11.9 Å². The maximum atomic E-state index is 12.9. The average Bonchev–Trinajstić information content (AvgIpc) is 3.42. The Morgan fingerprint density at radius 2 is 1.97 bits per heavy atom. The van der Waals surface area contributed by atoms with E-state index in [1.165, 1.54) is 6.07 Å². The summed E-state index contributed by atoms with van der Waals surface area (Å²) in [4.78, 5) is 16.0. The largest absolute Gasteiger partial charge is 0.490 e. The predicted molar refractivity (Wildman–Crippen MR) is 118 cm³/mol. The SMILES string of the molecule is Cc1cc(C(=O)NC(C)c2ccc(OC3CCC(Cc4cccc(C(F)(F)F)n4)C3)cc2)no1. The van der Waals surface area contributed by atoms with Gasteiger partial charge in [0, 0.05) is 11.8 Å². The van der Waals surface area contributed by atoms with E-state index in [-0.39, 0.29) is 29.7 Å². The summed E-state index contributed by atoms with van der Waals surface area (Å²) in [5.41, 5.74) is 0.764. The number of halogens is 3. The van der Waals surface area contributed by atoms with Gasteiger partial charge in [-0.3, -0.25) is 4.79 Å². The molecule has 180 valence electrons. The minimum absolute atomic E-state index is 0.00850. The molecular weight excluding hydrogens is 447 g/mol. The molecule has 1 aromatic carbocycles. The van der Waals surface area contributed by atoms with E-state index in [9.17, 15) is 18.0 Å². The first-order valence-corrected chi connectivity index (χ1v) is 11.2. The van der Waals surface area contributed by atoms with Crippen molar-refractivity contribution in [2.24, 2.45) is 5.92 Å². The van der Waals surface area contributed by atoms with Crippen LogP contribution >= 0.6 is 0 Å². The smallest absolute Gasteiger partial charge is 0.433 e. The summed E-state index contributed by atoms with van der Waals surface area (Å²) >= 11 is 0. The fraction of sp³-hybridized carbons (Fsp3) is 0.400. The van der Waals surface area contributed by atoms with Crippen LogP contribution in [-0.2, 0) is 12.6 Å². The molecule has 1 amide bonds. The topological polar surface area (TPSA) is 77.2 Å². The van der Waals surface area contributed by atoms with Crippen LogP contribution in [0.15, 0.2) is 53.1 Å². The number of aryl methyl sites for hydroxylation is 1. The quantitative estimate of drug-likeness (QED) is 0.478. The van der Waals surface area contributed by atoms with Gasteiger partial charge in [0.15, 0.2) is 5.69 Å². The molecule has 1 saturated carbocycles. The third-order valence-corrected chi connectivity index (χ3v) is 5.98. The van der Waals surface area contributed by atoms with Crippen molar-refractivity contribution in [3.8, 4) is 5.75 Å². The molecule has 2 aromatic heterocycles. The Bertz CT molecular complexity index is 1130. The fourth-order valence-electron chi connectivity index (χ4n) is 4.22. The fourth-order valence-corrected chi connectivity index (χ4v) is 4.22. The minimum atomic E-state index is -4.43. The Kier molecular flexibility index (Phi) is 6.90. The van der Waals surface area contributed by atoms with Gasteiger partial charge in [0.05, 0.1) is 12.1 Å². The number of carbonyl (C=O) groups is 1. The predicted octanol–water partition coefficient (Wildman–Crippen LogP) is 5.68. The van der Waals surface area contributed by atoms with Gasteiger partial charge >= 0.3 is 6.18 Å². The third-order valence-electron chi connectivity index (χ3n) is 5.98. The maximum absolute atomic E-state index is 12.9. The van der Waals surface area contributed by atoms with Crippen LogP contribution in [0.4, 0.5) is 13.2 Å². The molecule has 1 aliphatic rings. The molecule has 1 fully saturated rings. The van der Waals surface area contributed by atoms with Crippen molar-refractivity contribution in [1.82, 2.24) is 15.5 Å². The van der Waals surface area contributed by atoms with Gasteiger partial charge in [-0.25, -0.2) is 4.98 Å². The van der Waals surface area contributed by atoms with Crippen molar-refractivity contribution in [1.29, 1.82) is 0 Å². The summed E-state index contributed by atoms with van der Waals surface area (Å²) in [6, 6.07) is 12.9. The summed E-state index contributed by atoms with van der Waals surface area (Å²) in [5, 5.41) is 6.60. The highest BCUT2D eigenvalue weighted by Gasteiger charge is 2.33. The molecule has 34 heavy (non-hydrogen) atoms. The number of rotatable bonds is 7. The zero-order chi connectivity index (χ0) is 24.3. The maximum Gasteiger partial charge on any atom is 0.433 e. The molecule has 3 unspecified atom stereocenters. The van der Waals surface area contributed by atoms with Crippen molar-refractivity contribution in [2.75, 3.05) is 0 Å². The molecule has 3 atom stereocenters. The summed E-state index contributed by atoms with van der Waals surface area (Å²) in [6.45, 7) is 3.60. The van der Waals surface area contributed by atoms with Crippen LogP contribution in [0.5, 0.6) is 5.75 Å². The molecule has 9 heteroatoms. The van der Waals surface area contributed by atoms with Crippen LogP contribution in [0, 0.1) is 12.8 Å². The molecule has 1 N–H and O–H groups in total. The third kappa shape index (κ3) is 5.95. The second-order valence-electron chi connectivity index (χ2n) is 8.72. The van der Waals surface area contributed by atoms with Crippen LogP contribution in [0.1, 0.15) is 65.4 Å². The summed E-state index contributed by atoms with van der Waals surface area (Å²) in [6.07, 6.45) is -1.43. The van der Waals surface area contributed by atoms with Gasteiger partial charge in [0.25, 0.3) is 5.91 Å². The number of nitrogens with zero attached hydrogens (tertiary/aromatic N) is 2. The number of pyridine rings is 1. The number of alkyl halides is 3.